The van der Waals surface area contributed by atoms with Crippen LogP contribution in [0.3, 0.4) is 0 Å². The summed E-state index contributed by atoms with van der Waals surface area (Å²) in [6.07, 6.45) is 5.94. The minimum Gasteiger partial charge on any atom is -0.374 e. The summed E-state index contributed by atoms with van der Waals surface area (Å²) >= 11 is 0. The zero-order valence-electron chi connectivity index (χ0n) is 12.9. The van der Waals surface area contributed by atoms with Crippen molar-refractivity contribution in [2.45, 2.75) is 38.5 Å². The lowest BCUT2D eigenvalue weighted by Crippen LogP contribution is -2.52. The van der Waals surface area contributed by atoms with Crippen molar-refractivity contribution in [2.75, 3.05) is 26.2 Å². The molecule has 1 aromatic heterocycles. The van der Waals surface area contributed by atoms with E-state index < -0.39 is 0 Å². The topological polar surface area (TPSA) is 50.6 Å². The van der Waals surface area contributed by atoms with Gasteiger partial charge in [0, 0.05) is 46.3 Å². The first kappa shape index (κ1) is 14.5. The van der Waals surface area contributed by atoms with Crippen LogP contribution in [0.5, 0.6) is 0 Å². The summed E-state index contributed by atoms with van der Waals surface area (Å²) < 4.78 is 7.98. The van der Waals surface area contributed by atoms with E-state index in [0.29, 0.717) is 6.61 Å². The largest absolute Gasteiger partial charge is 0.374 e. The fourth-order valence-electron chi connectivity index (χ4n) is 3.45. The summed E-state index contributed by atoms with van der Waals surface area (Å²) in [4.78, 5) is 20.4. The highest BCUT2D eigenvalue weighted by atomic mass is 16.5. The van der Waals surface area contributed by atoms with Gasteiger partial charge in [0.1, 0.15) is 0 Å². The molecule has 6 nitrogen and oxygen atoms in total. The maximum Gasteiger partial charge on any atom is 0.219 e. The molecule has 3 heterocycles. The van der Waals surface area contributed by atoms with Crippen LogP contribution >= 0.6 is 0 Å². The van der Waals surface area contributed by atoms with Gasteiger partial charge in [-0.15, -0.1) is 0 Å². The molecule has 2 aliphatic rings. The van der Waals surface area contributed by atoms with E-state index in [1.54, 1.807) is 6.92 Å². The van der Waals surface area contributed by atoms with E-state index in [1.807, 2.05) is 24.5 Å². The van der Waals surface area contributed by atoms with Crippen LogP contribution in [0.15, 0.2) is 12.5 Å². The van der Waals surface area contributed by atoms with Crippen molar-refractivity contribution in [3.05, 3.63) is 18.2 Å². The third kappa shape index (κ3) is 3.11. The van der Waals surface area contributed by atoms with Crippen LogP contribution in [0.25, 0.3) is 0 Å². The zero-order valence-corrected chi connectivity index (χ0v) is 12.9. The lowest BCUT2D eigenvalue weighted by atomic mass is 10.0. The van der Waals surface area contributed by atoms with E-state index >= 15 is 0 Å². The van der Waals surface area contributed by atoms with Gasteiger partial charge in [0.2, 0.25) is 5.91 Å². The predicted octanol–water partition coefficient (Wildman–Crippen LogP) is 0.632. The SMILES string of the molecule is CC(=O)N1CCO[C@@H]2CCN(Cc3cncn3C)CC[C@@H]21. The van der Waals surface area contributed by atoms with Gasteiger partial charge in [0.15, 0.2) is 0 Å². The smallest absolute Gasteiger partial charge is 0.219 e. The Balaban J connectivity index is 1.65. The molecule has 2 fully saturated rings. The second-order valence-corrected chi connectivity index (χ2v) is 6.04. The fraction of sp³-hybridized carbons (Fsp3) is 0.733. The third-order valence-electron chi connectivity index (χ3n) is 4.67. The van der Waals surface area contributed by atoms with Crippen molar-refractivity contribution in [3.8, 4) is 0 Å². The number of amides is 1. The molecule has 21 heavy (non-hydrogen) atoms. The Morgan fingerprint density at radius 1 is 1.38 bits per heavy atom. The summed E-state index contributed by atoms with van der Waals surface area (Å²) in [6, 6.07) is 0.243. The molecular weight excluding hydrogens is 268 g/mol. The molecule has 116 valence electrons. The Hall–Kier alpha value is -1.40. The minimum absolute atomic E-state index is 0.174. The zero-order chi connectivity index (χ0) is 14.8. The van der Waals surface area contributed by atoms with Gasteiger partial charge in [0.25, 0.3) is 0 Å². The van der Waals surface area contributed by atoms with E-state index in [4.69, 9.17) is 4.74 Å². The van der Waals surface area contributed by atoms with Crippen molar-refractivity contribution in [1.29, 1.82) is 0 Å². The Labute approximate surface area is 125 Å². The molecule has 0 aliphatic carbocycles. The second kappa shape index (κ2) is 6.15. The first-order chi connectivity index (χ1) is 10.1. The average Bonchev–Trinajstić information content (AvgIpc) is 2.75. The highest BCUT2D eigenvalue weighted by molar-refractivity contribution is 5.73. The Kier molecular flexibility index (Phi) is 4.26. The molecule has 0 saturated carbocycles. The standard InChI is InChI=1S/C15H24N4O2/c1-12(20)19-7-8-21-15-4-6-18(5-3-14(15)19)10-13-9-16-11-17(13)2/h9,11,14-15H,3-8,10H2,1-2H3/t14-,15+/m0/s1. The molecule has 0 N–H and O–H groups in total. The number of ether oxygens (including phenoxy) is 1. The van der Waals surface area contributed by atoms with Gasteiger partial charge in [-0.05, 0) is 12.8 Å². The lowest BCUT2D eigenvalue weighted by molar-refractivity contribution is -0.144. The van der Waals surface area contributed by atoms with Gasteiger partial charge in [0.05, 0.1) is 30.8 Å². The van der Waals surface area contributed by atoms with E-state index in [9.17, 15) is 4.79 Å². The van der Waals surface area contributed by atoms with Crippen molar-refractivity contribution in [2.24, 2.45) is 7.05 Å². The molecule has 0 radical (unpaired) electrons. The first-order valence-corrected chi connectivity index (χ1v) is 7.71. The van der Waals surface area contributed by atoms with Crippen LogP contribution < -0.4 is 0 Å². The van der Waals surface area contributed by atoms with Gasteiger partial charge in [-0.2, -0.15) is 0 Å². The second-order valence-electron chi connectivity index (χ2n) is 6.04. The molecule has 6 heteroatoms. The first-order valence-electron chi connectivity index (χ1n) is 7.71. The number of hydrogen-bond donors (Lipinski definition) is 0. The number of hydrogen-bond acceptors (Lipinski definition) is 4. The highest BCUT2D eigenvalue weighted by Crippen LogP contribution is 2.24. The quantitative estimate of drug-likeness (QED) is 0.802. The molecule has 2 atom stereocenters. The van der Waals surface area contributed by atoms with Crippen molar-refractivity contribution >= 4 is 5.91 Å². The van der Waals surface area contributed by atoms with Crippen LogP contribution in [0.1, 0.15) is 25.5 Å². The average molecular weight is 292 g/mol. The number of aromatic nitrogens is 2. The number of carbonyl (C=O) groups is 1. The molecule has 0 unspecified atom stereocenters. The van der Waals surface area contributed by atoms with E-state index in [-0.39, 0.29) is 18.1 Å². The molecule has 1 amide bonds. The summed E-state index contributed by atoms with van der Waals surface area (Å²) in [6.45, 7) is 6.00. The highest BCUT2D eigenvalue weighted by Gasteiger charge is 2.35. The number of aryl methyl sites for hydroxylation is 1. The number of nitrogens with zero attached hydrogens (tertiary/aromatic N) is 4. The maximum absolute atomic E-state index is 11.8. The fourth-order valence-corrected chi connectivity index (χ4v) is 3.45. The normalized spacial score (nSPS) is 27.2. The molecule has 1 aromatic rings. The molecular formula is C15H24N4O2. The van der Waals surface area contributed by atoms with Crippen molar-refractivity contribution in [3.63, 3.8) is 0 Å². The van der Waals surface area contributed by atoms with Gasteiger partial charge in [-0.3, -0.25) is 9.69 Å². The van der Waals surface area contributed by atoms with Crippen LogP contribution in [0.4, 0.5) is 0 Å². The number of rotatable bonds is 2. The van der Waals surface area contributed by atoms with E-state index in [0.717, 1.165) is 39.0 Å². The number of carbonyl (C=O) groups excluding carboxylic acids is 1. The monoisotopic (exact) mass is 292 g/mol. The van der Waals surface area contributed by atoms with Crippen LogP contribution in [0.2, 0.25) is 0 Å². The number of likely N-dealkylation sites (tertiary alicyclic amines) is 1. The molecule has 3 rings (SSSR count). The van der Waals surface area contributed by atoms with Gasteiger partial charge in [-0.25, -0.2) is 4.98 Å². The van der Waals surface area contributed by atoms with Crippen molar-refractivity contribution < 1.29 is 9.53 Å². The number of imidazole rings is 1. The predicted molar refractivity (Wildman–Crippen MR) is 78.6 cm³/mol. The molecule has 0 spiro atoms. The Morgan fingerprint density at radius 3 is 2.90 bits per heavy atom. The number of fused-ring (bicyclic) bond motifs is 1. The Bertz CT molecular complexity index is 502. The van der Waals surface area contributed by atoms with Gasteiger partial charge < -0.3 is 14.2 Å². The van der Waals surface area contributed by atoms with Gasteiger partial charge >= 0.3 is 0 Å². The van der Waals surface area contributed by atoms with E-state index in [1.165, 1.54) is 5.69 Å². The molecule has 2 aliphatic heterocycles. The van der Waals surface area contributed by atoms with E-state index in [2.05, 4.69) is 14.5 Å². The Morgan fingerprint density at radius 2 is 2.19 bits per heavy atom. The summed E-state index contributed by atoms with van der Waals surface area (Å²) in [7, 11) is 2.03. The van der Waals surface area contributed by atoms with Crippen LogP contribution in [-0.4, -0.2) is 63.6 Å². The van der Waals surface area contributed by atoms with Gasteiger partial charge in [-0.1, -0.05) is 0 Å². The molecule has 0 bridgehead atoms. The summed E-state index contributed by atoms with van der Waals surface area (Å²) in [5.41, 5.74) is 1.23. The lowest BCUT2D eigenvalue weighted by Gasteiger charge is -2.39. The molecule has 2 saturated heterocycles. The van der Waals surface area contributed by atoms with Crippen molar-refractivity contribution in [1.82, 2.24) is 19.4 Å². The summed E-state index contributed by atoms with van der Waals surface area (Å²) in [5, 5.41) is 0. The maximum atomic E-state index is 11.8. The third-order valence-corrected chi connectivity index (χ3v) is 4.67. The van der Waals surface area contributed by atoms with Crippen LogP contribution in [0, 0.1) is 0 Å². The molecule has 0 aromatic carbocycles. The minimum atomic E-state index is 0.174. The summed E-state index contributed by atoms with van der Waals surface area (Å²) in [5.74, 6) is 0.174. The number of morpholine rings is 1. The van der Waals surface area contributed by atoms with Crippen LogP contribution in [-0.2, 0) is 23.1 Å².